The molecule has 1 rings (SSSR count). The van der Waals surface area contributed by atoms with Crippen molar-refractivity contribution < 1.29 is 26.7 Å². The van der Waals surface area contributed by atoms with Gasteiger partial charge in [0, 0.05) is 0 Å². The van der Waals surface area contributed by atoms with Crippen LogP contribution < -0.4 is 4.74 Å². The standard InChI is InChI=1S/C8H5F5INO/c9-7(10,4-14)6-2-1-5(3-15-6)16-8(11,12)13/h1-3H,4H2. The van der Waals surface area contributed by atoms with Crippen molar-refractivity contribution in [2.75, 3.05) is 4.43 Å². The number of aromatic nitrogens is 1. The fourth-order valence-electron chi connectivity index (χ4n) is 0.859. The molecule has 0 radical (unpaired) electrons. The third-order valence-electron chi connectivity index (χ3n) is 1.51. The van der Waals surface area contributed by atoms with E-state index in [-0.39, 0.29) is 0 Å². The smallest absolute Gasteiger partial charge is 0.404 e. The highest BCUT2D eigenvalue weighted by Gasteiger charge is 2.33. The summed E-state index contributed by atoms with van der Waals surface area (Å²) in [4.78, 5) is 3.23. The average molecular weight is 353 g/mol. The molecule has 2 nitrogen and oxygen atoms in total. The molecule has 90 valence electrons. The van der Waals surface area contributed by atoms with Crippen LogP contribution in [0, 0.1) is 0 Å². The van der Waals surface area contributed by atoms with Gasteiger partial charge < -0.3 is 4.74 Å². The molecule has 0 atom stereocenters. The van der Waals surface area contributed by atoms with Crippen molar-refractivity contribution in [3.05, 3.63) is 24.0 Å². The Morgan fingerprint density at radius 1 is 1.19 bits per heavy atom. The Morgan fingerprint density at radius 3 is 2.19 bits per heavy atom. The minimum atomic E-state index is -4.85. The van der Waals surface area contributed by atoms with Crippen molar-refractivity contribution >= 4 is 22.6 Å². The van der Waals surface area contributed by atoms with Crippen LogP contribution in [0.3, 0.4) is 0 Å². The molecule has 0 saturated heterocycles. The molecule has 0 amide bonds. The third-order valence-corrected chi connectivity index (χ3v) is 2.47. The Balaban J connectivity index is 2.84. The van der Waals surface area contributed by atoms with E-state index in [0.29, 0.717) is 6.20 Å². The van der Waals surface area contributed by atoms with Crippen LogP contribution in [0.1, 0.15) is 5.69 Å². The van der Waals surface area contributed by atoms with E-state index in [9.17, 15) is 22.0 Å². The number of alkyl halides is 6. The van der Waals surface area contributed by atoms with Gasteiger partial charge in [0.15, 0.2) is 0 Å². The zero-order valence-corrected chi connectivity index (χ0v) is 9.72. The van der Waals surface area contributed by atoms with Gasteiger partial charge in [-0.15, -0.1) is 13.2 Å². The molecule has 0 aliphatic heterocycles. The molecular formula is C8H5F5INO. The Labute approximate surface area is 101 Å². The number of nitrogens with zero attached hydrogens (tertiary/aromatic N) is 1. The van der Waals surface area contributed by atoms with E-state index in [0.717, 1.165) is 12.1 Å². The molecule has 0 bridgehead atoms. The molecule has 0 unspecified atom stereocenters. The summed E-state index contributed by atoms with van der Waals surface area (Å²) in [5, 5.41) is 0. The van der Waals surface area contributed by atoms with Gasteiger partial charge in [-0.2, -0.15) is 8.78 Å². The first-order chi connectivity index (χ1) is 7.24. The third kappa shape index (κ3) is 3.72. The minimum Gasteiger partial charge on any atom is -0.404 e. The summed E-state index contributed by atoms with van der Waals surface area (Å²) in [5.74, 6) is -3.78. The number of ether oxygens (including phenoxy) is 1. The van der Waals surface area contributed by atoms with Crippen molar-refractivity contribution in [1.29, 1.82) is 0 Å². The summed E-state index contributed by atoms with van der Waals surface area (Å²) in [6.45, 7) is 0. The van der Waals surface area contributed by atoms with Crippen LogP contribution in [0.5, 0.6) is 5.75 Å². The number of hydrogen-bond donors (Lipinski definition) is 0. The topological polar surface area (TPSA) is 22.1 Å². The van der Waals surface area contributed by atoms with E-state index < -0.39 is 28.2 Å². The zero-order chi connectivity index (χ0) is 12.4. The molecule has 0 N–H and O–H groups in total. The maximum Gasteiger partial charge on any atom is 0.573 e. The molecule has 1 heterocycles. The first kappa shape index (κ1) is 13.4. The van der Waals surface area contributed by atoms with Crippen LogP contribution in [-0.2, 0) is 5.92 Å². The van der Waals surface area contributed by atoms with E-state index in [1.165, 1.54) is 22.6 Å². The van der Waals surface area contributed by atoms with Gasteiger partial charge in [-0.25, -0.2) is 0 Å². The molecule has 16 heavy (non-hydrogen) atoms. The number of hydrogen-bond acceptors (Lipinski definition) is 2. The summed E-state index contributed by atoms with van der Waals surface area (Å²) >= 11 is 1.46. The van der Waals surface area contributed by atoms with Crippen molar-refractivity contribution in [3.8, 4) is 5.75 Å². The van der Waals surface area contributed by atoms with Gasteiger partial charge >= 0.3 is 6.36 Å². The second-order valence-corrected chi connectivity index (χ2v) is 3.53. The second kappa shape index (κ2) is 4.68. The molecule has 0 aliphatic carbocycles. The fraction of sp³-hybridized carbons (Fsp3) is 0.375. The molecule has 0 fully saturated rings. The van der Waals surface area contributed by atoms with Crippen LogP contribution in [-0.4, -0.2) is 15.8 Å². The summed E-state index contributed by atoms with van der Waals surface area (Å²) in [7, 11) is 0. The van der Waals surface area contributed by atoms with Crippen molar-refractivity contribution in [2.45, 2.75) is 12.3 Å². The van der Waals surface area contributed by atoms with E-state index in [1.807, 2.05) is 0 Å². The van der Waals surface area contributed by atoms with Crippen LogP contribution in [0.2, 0.25) is 0 Å². The van der Waals surface area contributed by atoms with Crippen molar-refractivity contribution in [3.63, 3.8) is 0 Å². The number of halogens is 6. The molecule has 1 aromatic rings. The average Bonchev–Trinajstić information content (AvgIpc) is 2.16. The van der Waals surface area contributed by atoms with Gasteiger partial charge in [0.05, 0.1) is 10.6 Å². The predicted molar refractivity (Wildman–Crippen MR) is 53.7 cm³/mol. The Morgan fingerprint density at radius 2 is 1.81 bits per heavy atom. The monoisotopic (exact) mass is 353 g/mol. The predicted octanol–water partition coefficient (Wildman–Crippen LogP) is 3.51. The normalized spacial score (nSPS) is 12.6. The van der Waals surface area contributed by atoms with Crippen molar-refractivity contribution in [1.82, 2.24) is 4.98 Å². The van der Waals surface area contributed by atoms with Gasteiger partial charge in [0.25, 0.3) is 5.92 Å². The lowest BCUT2D eigenvalue weighted by Gasteiger charge is -2.13. The number of pyridine rings is 1. The van der Waals surface area contributed by atoms with Crippen LogP contribution in [0.25, 0.3) is 0 Å². The first-order valence-electron chi connectivity index (χ1n) is 3.91. The fourth-order valence-corrected chi connectivity index (χ4v) is 1.25. The van der Waals surface area contributed by atoms with E-state index >= 15 is 0 Å². The summed E-state index contributed by atoms with van der Waals surface area (Å²) < 4.78 is 64.3. The molecule has 8 heteroatoms. The zero-order valence-electron chi connectivity index (χ0n) is 7.56. The lowest BCUT2D eigenvalue weighted by Crippen LogP contribution is -2.19. The lowest BCUT2D eigenvalue weighted by atomic mass is 10.2. The van der Waals surface area contributed by atoms with Gasteiger partial charge in [0.2, 0.25) is 0 Å². The van der Waals surface area contributed by atoms with Crippen LogP contribution >= 0.6 is 22.6 Å². The Kier molecular flexibility index (Phi) is 3.92. The van der Waals surface area contributed by atoms with Crippen LogP contribution in [0.15, 0.2) is 18.3 Å². The SMILES string of the molecule is FC(F)(F)Oc1ccc(C(F)(F)CI)nc1. The van der Waals surface area contributed by atoms with Crippen LogP contribution in [0.4, 0.5) is 22.0 Å². The minimum absolute atomic E-state index is 0.503. The van der Waals surface area contributed by atoms with Gasteiger partial charge in [-0.3, -0.25) is 4.98 Å². The number of rotatable bonds is 3. The van der Waals surface area contributed by atoms with Gasteiger partial charge in [-0.05, 0) is 12.1 Å². The summed E-state index contributed by atoms with van der Waals surface area (Å²) in [6, 6.07) is 1.61. The molecule has 0 aliphatic rings. The maximum absolute atomic E-state index is 13.0. The second-order valence-electron chi connectivity index (χ2n) is 2.77. The van der Waals surface area contributed by atoms with E-state index in [2.05, 4.69) is 9.72 Å². The largest absolute Gasteiger partial charge is 0.573 e. The lowest BCUT2D eigenvalue weighted by molar-refractivity contribution is -0.274. The van der Waals surface area contributed by atoms with Gasteiger partial charge in [-0.1, -0.05) is 22.6 Å². The molecular weight excluding hydrogens is 348 g/mol. The highest BCUT2D eigenvalue weighted by atomic mass is 127. The molecule has 0 spiro atoms. The Hall–Kier alpha value is -0.670. The van der Waals surface area contributed by atoms with Gasteiger partial charge in [0.1, 0.15) is 11.4 Å². The van der Waals surface area contributed by atoms with Crippen molar-refractivity contribution in [2.24, 2.45) is 0 Å². The summed E-state index contributed by atoms with van der Waals surface area (Å²) in [6.07, 6.45) is -4.24. The Bertz CT molecular complexity index is 350. The quantitative estimate of drug-likeness (QED) is 0.472. The van der Waals surface area contributed by atoms with E-state index in [1.54, 1.807) is 0 Å². The molecule has 0 saturated carbocycles. The van der Waals surface area contributed by atoms with E-state index in [4.69, 9.17) is 0 Å². The molecule has 1 aromatic heterocycles. The maximum atomic E-state index is 13.0. The molecule has 0 aromatic carbocycles. The first-order valence-corrected chi connectivity index (χ1v) is 5.43. The highest BCUT2D eigenvalue weighted by molar-refractivity contribution is 14.1. The highest BCUT2D eigenvalue weighted by Crippen LogP contribution is 2.30. The summed E-state index contributed by atoms with van der Waals surface area (Å²) in [5.41, 5.74) is -0.587.